The fourth-order valence-corrected chi connectivity index (χ4v) is 2.22. The molecule has 0 saturated heterocycles. The monoisotopic (exact) mass is 411 g/mol. The molecule has 2 N–H and O–H groups in total. The van der Waals surface area contributed by atoms with Gasteiger partial charge in [0.25, 0.3) is 11.6 Å². The summed E-state index contributed by atoms with van der Waals surface area (Å²) >= 11 is 2.17. The average molecular weight is 411 g/mol. The molecule has 0 atom stereocenters. The summed E-state index contributed by atoms with van der Waals surface area (Å²) in [6.07, 6.45) is 0. The van der Waals surface area contributed by atoms with Crippen LogP contribution in [0.5, 0.6) is 0 Å². The molecule has 0 fully saturated rings. The van der Waals surface area contributed by atoms with Gasteiger partial charge in [-0.3, -0.25) is 14.9 Å². The number of hydrogen-bond acceptors (Lipinski definition) is 4. The largest absolute Gasteiger partial charge is 0.378 e. The highest BCUT2D eigenvalue weighted by Gasteiger charge is 2.11. The molecule has 0 aliphatic carbocycles. The van der Waals surface area contributed by atoms with Gasteiger partial charge in [0.2, 0.25) is 0 Å². The molecular weight excluding hydrogens is 397 g/mol. The van der Waals surface area contributed by atoms with Gasteiger partial charge in [-0.1, -0.05) is 12.1 Å². The van der Waals surface area contributed by atoms with E-state index in [9.17, 15) is 14.9 Å². The van der Waals surface area contributed by atoms with Gasteiger partial charge in [0.15, 0.2) is 0 Å². The zero-order chi connectivity index (χ0) is 15.9. The SMILES string of the molecule is O=C(NCCNc1ccccc1[N+](=O)[O-])c1ccc(I)cc1. The normalized spacial score (nSPS) is 10.0. The van der Waals surface area contributed by atoms with Gasteiger partial charge in [0.1, 0.15) is 5.69 Å². The summed E-state index contributed by atoms with van der Waals surface area (Å²) in [7, 11) is 0. The number of para-hydroxylation sites is 2. The lowest BCUT2D eigenvalue weighted by Crippen LogP contribution is -2.28. The summed E-state index contributed by atoms with van der Waals surface area (Å²) in [5, 5.41) is 16.6. The molecule has 0 aliphatic rings. The van der Waals surface area contributed by atoms with E-state index in [1.165, 1.54) is 6.07 Å². The summed E-state index contributed by atoms with van der Waals surface area (Å²) in [6, 6.07) is 13.6. The minimum Gasteiger partial charge on any atom is -0.378 e. The zero-order valence-corrected chi connectivity index (χ0v) is 13.7. The Labute approximate surface area is 141 Å². The average Bonchev–Trinajstić information content (AvgIpc) is 2.52. The number of benzene rings is 2. The Balaban J connectivity index is 1.83. The van der Waals surface area contributed by atoms with Crippen molar-refractivity contribution in [1.82, 2.24) is 5.32 Å². The maximum absolute atomic E-state index is 11.9. The first kappa shape index (κ1) is 16.2. The fourth-order valence-electron chi connectivity index (χ4n) is 1.86. The van der Waals surface area contributed by atoms with Crippen molar-refractivity contribution in [1.29, 1.82) is 0 Å². The Morgan fingerprint density at radius 1 is 1.09 bits per heavy atom. The summed E-state index contributed by atoms with van der Waals surface area (Å²) in [5.41, 5.74) is 1.05. The van der Waals surface area contributed by atoms with E-state index in [0.29, 0.717) is 24.3 Å². The molecule has 6 nitrogen and oxygen atoms in total. The number of nitrogens with one attached hydrogen (secondary N) is 2. The number of halogens is 1. The van der Waals surface area contributed by atoms with Crippen molar-refractivity contribution in [3.8, 4) is 0 Å². The van der Waals surface area contributed by atoms with E-state index < -0.39 is 4.92 Å². The number of nitrogens with zero attached hydrogens (tertiary/aromatic N) is 1. The van der Waals surface area contributed by atoms with Crippen LogP contribution in [-0.2, 0) is 0 Å². The highest BCUT2D eigenvalue weighted by Crippen LogP contribution is 2.22. The first-order valence-electron chi connectivity index (χ1n) is 6.59. The number of nitro groups is 1. The molecule has 1 amide bonds. The predicted octanol–water partition coefficient (Wildman–Crippen LogP) is 3.04. The summed E-state index contributed by atoms with van der Waals surface area (Å²) in [4.78, 5) is 22.3. The van der Waals surface area contributed by atoms with Crippen LogP contribution in [0.4, 0.5) is 11.4 Å². The molecule has 2 rings (SSSR count). The molecule has 0 radical (unpaired) electrons. The van der Waals surface area contributed by atoms with Crippen LogP contribution in [0.1, 0.15) is 10.4 Å². The van der Waals surface area contributed by atoms with E-state index in [4.69, 9.17) is 0 Å². The van der Waals surface area contributed by atoms with Crippen molar-refractivity contribution < 1.29 is 9.72 Å². The first-order valence-corrected chi connectivity index (χ1v) is 7.67. The first-order chi connectivity index (χ1) is 10.6. The Morgan fingerprint density at radius 3 is 2.45 bits per heavy atom. The highest BCUT2D eigenvalue weighted by atomic mass is 127. The maximum atomic E-state index is 11.9. The topological polar surface area (TPSA) is 84.3 Å². The molecule has 0 unspecified atom stereocenters. The number of nitro benzene ring substituents is 1. The Hall–Kier alpha value is -2.16. The lowest BCUT2D eigenvalue weighted by molar-refractivity contribution is -0.384. The third-order valence-corrected chi connectivity index (χ3v) is 3.65. The summed E-state index contributed by atoms with van der Waals surface area (Å²) < 4.78 is 1.06. The van der Waals surface area contributed by atoms with Crippen LogP contribution in [0, 0.1) is 13.7 Å². The molecule has 0 bridgehead atoms. The second-order valence-corrected chi connectivity index (χ2v) is 5.71. The number of carbonyl (C=O) groups is 1. The second kappa shape index (κ2) is 7.74. The quantitative estimate of drug-likeness (QED) is 0.331. The van der Waals surface area contributed by atoms with Gasteiger partial charge < -0.3 is 10.6 Å². The maximum Gasteiger partial charge on any atom is 0.292 e. The summed E-state index contributed by atoms with van der Waals surface area (Å²) in [5.74, 6) is -0.166. The van der Waals surface area contributed by atoms with Gasteiger partial charge in [-0.25, -0.2) is 0 Å². The zero-order valence-electron chi connectivity index (χ0n) is 11.6. The van der Waals surface area contributed by atoms with Crippen molar-refractivity contribution >= 4 is 39.9 Å². The molecule has 0 heterocycles. The molecule has 22 heavy (non-hydrogen) atoms. The van der Waals surface area contributed by atoms with Crippen LogP contribution in [0.25, 0.3) is 0 Å². The predicted molar refractivity (Wildman–Crippen MR) is 93.1 cm³/mol. The van der Waals surface area contributed by atoms with Crippen LogP contribution < -0.4 is 10.6 Å². The van der Waals surface area contributed by atoms with E-state index in [0.717, 1.165) is 3.57 Å². The molecule has 0 aliphatic heterocycles. The molecule has 2 aromatic rings. The van der Waals surface area contributed by atoms with Gasteiger partial charge in [-0.05, 0) is 52.9 Å². The highest BCUT2D eigenvalue weighted by molar-refractivity contribution is 14.1. The molecule has 2 aromatic carbocycles. The van der Waals surface area contributed by atoms with Crippen molar-refractivity contribution in [2.45, 2.75) is 0 Å². The third-order valence-electron chi connectivity index (χ3n) is 2.93. The van der Waals surface area contributed by atoms with E-state index in [1.54, 1.807) is 30.3 Å². The van der Waals surface area contributed by atoms with Gasteiger partial charge in [0, 0.05) is 28.3 Å². The standard InChI is InChI=1S/C15H14IN3O3/c16-12-7-5-11(6-8-12)15(20)18-10-9-17-13-3-1-2-4-14(13)19(21)22/h1-8,17H,9-10H2,(H,18,20). The fraction of sp³-hybridized carbons (Fsp3) is 0.133. The Bertz CT molecular complexity index is 674. The van der Waals surface area contributed by atoms with Crippen LogP contribution in [0.3, 0.4) is 0 Å². The van der Waals surface area contributed by atoms with Gasteiger partial charge >= 0.3 is 0 Å². The van der Waals surface area contributed by atoms with Gasteiger partial charge in [-0.2, -0.15) is 0 Å². The number of carbonyl (C=O) groups excluding carboxylic acids is 1. The van der Waals surface area contributed by atoms with Crippen LogP contribution >= 0.6 is 22.6 Å². The lowest BCUT2D eigenvalue weighted by atomic mass is 10.2. The molecular formula is C15H14IN3O3. The van der Waals surface area contributed by atoms with E-state index >= 15 is 0 Å². The van der Waals surface area contributed by atoms with Crippen molar-refractivity contribution in [2.24, 2.45) is 0 Å². The van der Waals surface area contributed by atoms with Crippen molar-refractivity contribution in [2.75, 3.05) is 18.4 Å². The number of anilines is 1. The molecule has 0 spiro atoms. The Morgan fingerprint density at radius 2 is 1.77 bits per heavy atom. The molecule has 114 valence electrons. The summed E-state index contributed by atoms with van der Waals surface area (Å²) in [6.45, 7) is 0.776. The number of rotatable bonds is 6. The second-order valence-electron chi connectivity index (χ2n) is 4.46. The van der Waals surface area contributed by atoms with Crippen LogP contribution in [0.2, 0.25) is 0 Å². The Kier molecular flexibility index (Phi) is 5.70. The van der Waals surface area contributed by atoms with Crippen molar-refractivity contribution in [3.05, 3.63) is 67.8 Å². The minimum absolute atomic E-state index is 0.0199. The smallest absolute Gasteiger partial charge is 0.292 e. The molecule has 0 saturated carbocycles. The molecule has 7 heteroatoms. The van der Waals surface area contributed by atoms with Crippen LogP contribution in [-0.4, -0.2) is 23.9 Å². The van der Waals surface area contributed by atoms with Crippen molar-refractivity contribution in [3.63, 3.8) is 0 Å². The third kappa shape index (κ3) is 4.42. The minimum atomic E-state index is -0.438. The van der Waals surface area contributed by atoms with E-state index in [-0.39, 0.29) is 11.6 Å². The van der Waals surface area contributed by atoms with Gasteiger partial charge in [0.05, 0.1) is 4.92 Å². The number of hydrogen-bond donors (Lipinski definition) is 2. The van der Waals surface area contributed by atoms with Crippen LogP contribution in [0.15, 0.2) is 48.5 Å². The molecule has 0 aromatic heterocycles. The lowest BCUT2D eigenvalue weighted by Gasteiger charge is -2.08. The van der Waals surface area contributed by atoms with E-state index in [2.05, 4.69) is 33.2 Å². The van der Waals surface area contributed by atoms with E-state index in [1.807, 2.05) is 12.1 Å². The van der Waals surface area contributed by atoms with Gasteiger partial charge in [-0.15, -0.1) is 0 Å². The number of amides is 1.